The van der Waals surface area contributed by atoms with Gasteiger partial charge in [-0.3, -0.25) is 0 Å². The molecule has 1 saturated heterocycles. The molecule has 0 radical (unpaired) electrons. The van der Waals surface area contributed by atoms with Crippen LogP contribution in [0.3, 0.4) is 0 Å². The fourth-order valence-electron chi connectivity index (χ4n) is 2.79. The van der Waals surface area contributed by atoms with Gasteiger partial charge in [0.05, 0.1) is 11.2 Å². The summed E-state index contributed by atoms with van der Waals surface area (Å²) >= 11 is 0. The number of carbonyl (C=O) groups is 1. The van der Waals surface area contributed by atoms with E-state index in [1.807, 2.05) is 60.6 Å². The van der Waals surface area contributed by atoms with Gasteiger partial charge in [-0.05, 0) is 59.5 Å². The van der Waals surface area contributed by atoms with Gasteiger partial charge in [-0.2, -0.15) is 0 Å². The van der Waals surface area contributed by atoms with Gasteiger partial charge < -0.3 is 19.4 Å². The minimum Gasteiger partial charge on any atom is -0.444 e. The highest BCUT2D eigenvalue weighted by atomic mass is 16.7. The zero-order valence-corrected chi connectivity index (χ0v) is 18.2. The quantitative estimate of drug-likeness (QED) is 0.814. The zero-order valence-electron chi connectivity index (χ0n) is 18.2. The van der Waals surface area contributed by atoms with Crippen molar-refractivity contribution >= 4 is 18.7 Å². The second-order valence-electron chi connectivity index (χ2n) is 9.95. The van der Waals surface area contributed by atoms with Gasteiger partial charge in [-0.25, -0.2) is 4.79 Å². The number of benzene rings is 1. The van der Waals surface area contributed by atoms with Crippen molar-refractivity contribution in [2.45, 2.75) is 84.5 Å². The number of rotatable bonds is 4. The minimum atomic E-state index is -0.509. The molecule has 1 aliphatic rings. The van der Waals surface area contributed by atoms with Crippen LogP contribution in [0.5, 0.6) is 0 Å². The number of amides is 1. The summed E-state index contributed by atoms with van der Waals surface area (Å²) in [4.78, 5) is 12.0. The smallest absolute Gasteiger partial charge is 0.444 e. The Labute approximate surface area is 164 Å². The molecule has 6 heteroatoms. The predicted molar refractivity (Wildman–Crippen MR) is 109 cm³/mol. The van der Waals surface area contributed by atoms with E-state index in [2.05, 4.69) is 31.3 Å². The Bertz CT molecular complexity index is 676. The number of carbonyl (C=O) groups excluding carboxylic acids is 1. The van der Waals surface area contributed by atoms with Crippen LogP contribution in [-0.2, 0) is 19.5 Å². The van der Waals surface area contributed by atoms with Gasteiger partial charge >= 0.3 is 13.2 Å². The van der Waals surface area contributed by atoms with Crippen LogP contribution in [0, 0.1) is 0 Å². The average Bonchev–Trinajstić information content (AvgIpc) is 2.72. The van der Waals surface area contributed by atoms with Crippen LogP contribution in [0.4, 0.5) is 4.79 Å². The number of nitrogens with one attached hydrogen (secondary N) is 1. The molecule has 0 saturated carbocycles. The van der Waals surface area contributed by atoms with Gasteiger partial charge in [-0.1, -0.05) is 38.1 Å². The summed E-state index contributed by atoms with van der Waals surface area (Å²) in [6.45, 7) is 18.4. The highest BCUT2D eigenvalue weighted by Gasteiger charge is 2.51. The fourth-order valence-corrected chi connectivity index (χ4v) is 2.79. The van der Waals surface area contributed by atoms with Crippen LogP contribution in [-0.4, -0.2) is 36.6 Å². The SMILES string of the molecule is CC(C)(C)OC(=O)NCC(C)(C)c1cccc(B2OC(C)(C)C(C)(C)O2)c1. The van der Waals surface area contributed by atoms with Gasteiger partial charge in [0, 0.05) is 12.0 Å². The maximum Gasteiger partial charge on any atom is 0.494 e. The Morgan fingerprint density at radius 3 is 2.15 bits per heavy atom. The topological polar surface area (TPSA) is 56.8 Å². The molecule has 0 atom stereocenters. The molecule has 150 valence electrons. The van der Waals surface area contributed by atoms with Crippen molar-refractivity contribution in [1.82, 2.24) is 5.32 Å². The Hall–Kier alpha value is -1.53. The molecule has 0 spiro atoms. The second-order valence-corrected chi connectivity index (χ2v) is 9.95. The van der Waals surface area contributed by atoms with Crippen molar-refractivity contribution in [3.05, 3.63) is 29.8 Å². The molecule has 1 aromatic carbocycles. The standard InChI is InChI=1S/C21H34BNO4/c1-18(2,3)25-17(24)23-14-19(4,5)15-11-10-12-16(13-15)22-26-20(6,7)21(8,9)27-22/h10-13H,14H2,1-9H3,(H,23,24). The van der Waals surface area contributed by atoms with Crippen molar-refractivity contribution in [3.8, 4) is 0 Å². The first kappa shape index (κ1) is 21.8. The fraction of sp³-hybridized carbons (Fsp3) is 0.667. The van der Waals surface area contributed by atoms with Gasteiger partial charge in [0.2, 0.25) is 0 Å². The Morgan fingerprint density at radius 1 is 1.07 bits per heavy atom. The molecule has 1 aliphatic heterocycles. The molecule has 1 amide bonds. The third kappa shape index (κ3) is 5.26. The number of ether oxygens (including phenoxy) is 1. The largest absolute Gasteiger partial charge is 0.494 e. The molecule has 2 rings (SSSR count). The molecular weight excluding hydrogens is 341 g/mol. The first-order valence-corrected chi connectivity index (χ1v) is 9.56. The number of alkyl carbamates (subject to hydrolysis) is 1. The monoisotopic (exact) mass is 375 g/mol. The van der Waals surface area contributed by atoms with Crippen LogP contribution < -0.4 is 10.8 Å². The van der Waals surface area contributed by atoms with Crippen molar-refractivity contribution in [1.29, 1.82) is 0 Å². The normalized spacial score (nSPS) is 19.1. The summed E-state index contributed by atoms with van der Waals surface area (Å²) in [7, 11) is -0.399. The summed E-state index contributed by atoms with van der Waals surface area (Å²) in [6, 6.07) is 8.18. The van der Waals surface area contributed by atoms with E-state index in [9.17, 15) is 4.79 Å². The van der Waals surface area contributed by atoms with E-state index < -0.39 is 18.8 Å². The van der Waals surface area contributed by atoms with E-state index in [-0.39, 0.29) is 16.6 Å². The van der Waals surface area contributed by atoms with Crippen molar-refractivity contribution in [2.75, 3.05) is 6.54 Å². The average molecular weight is 375 g/mol. The van der Waals surface area contributed by atoms with E-state index in [0.717, 1.165) is 11.0 Å². The highest BCUT2D eigenvalue weighted by Crippen LogP contribution is 2.36. The lowest BCUT2D eigenvalue weighted by atomic mass is 9.75. The molecule has 0 unspecified atom stereocenters. The predicted octanol–water partition coefficient (Wildman–Crippen LogP) is 3.79. The first-order chi connectivity index (χ1) is 12.1. The molecule has 1 heterocycles. The third-order valence-electron chi connectivity index (χ3n) is 5.27. The minimum absolute atomic E-state index is 0.267. The van der Waals surface area contributed by atoms with Gasteiger partial charge in [0.25, 0.3) is 0 Å². The van der Waals surface area contributed by atoms with E-state index in [1.54, 1.807) is 0 Å². The van der Waals surface area contributed by atoms with Gasteiger partial charge in [-0.15, -0.1) is 0 Å². The number of hydrogen-bond acceptors (Lipinski definition) is 4. The molecule has 27 heavy (non-hydrogen) atoms. The van der Waals surface area contributed by atoms with Crippen LogP contribution in [0.25, 0.3) is 0 Å². The van der Waals surface area contributed by atoms with E-state index in [0.29, 0.717) is 6.54 Å². The Balaban J connectivity index is 2.11. The summed E-state index contributed by atoms with van der Waals surface area (Å²) in [5.74, 6) is 0. The lowest BCUT2D eigenvalue weighted by Gasteiger charge is -2.32. The molecular formula is C21H34BNO4. The molecule has 0 bridgehead atoms. The Kier molecular flexibility index (Phi) is 5.75. The van der Waals surface area contributed by atoms with Crippen LogP contribution >= 0.6 is 0 Å². The van der Waals surface area contributed by atoms with Crippen molar-refractivity contribution in [3.63, 3.8) is 0 Å². The summed E-state index contributed by atoms with van der Waals surface area (Å²) < 4.78 is 17.6. The summed E-state index contributed by atoms with van der Waals surface area (Å²) in [5.41, 5.74) is 0.562. The highest BCUT2D eigenvalue weighted by molar-refractivity contribution is 6.62. The molecule has 1 aromatic rings. The second kappa shape index (κ2) is 7.14. The molecule has 0 aliphatic carbocycles. The maximum absolute atomic E-state index is 12.0. The summed E-state index contributed by atoms with van der Waals surface area (Å²) in [5, 5.41) is 2.87. The van der Waals surface area contributed by atoms with Crippen molar-refractivity contribution in [2.24, 2.45) is 0 Å². The molecule has 0 aromatic heterocycles. The lowest BCUT2D eigenvalue weighted by Crippen LogP contribution is -2.41. The van der Waals surface area contributed by atoms with Gasteiger partial charge in [0.15, 0.2) is 0 Å². The van der Waals surface area contributed by atoms with Crippen LogP contribution in [0.1, 0.15) is 67.9 Å². The van der Waals surface area contributed by atoms with Crippen LogP contribution in [0.15, 0.2) is 24.3 Å². The van der Waals surface area contributed by atoms with E-state index in [4.69, 9.17) is 14.0 Å². The van der Waals surface area contributed by atoms with Crippen LogP contribution in [0.2, 0.25) is 0 Å². The van der Waals surface area contributed by atoms with E-state index >= 15 is 0 Å². The van der Waals surface area contributed by atoms with Crippen molar-refractivity contribution < 1.29 is 18.8 Å². The molecule has 1 fully saturated rings. The number of hydrogen-bond donors (Lipinski definition) is 1. The van der Waals surface area contributed by atoms with E-state index in [1.165, 1.54) is 0 Å². The molecule has 5 nitrogen and oxygen atoms in total. The first-order valence-electron chi connectivity index (χ1n) is 9.56. The van der Waals surface area contributed by atoms with Gasteiger partial charge in [0.1, 0.15) is 5.60 Å². The third-order valence-corrected chi connectivity index (χ3v) is 5.27. The Morgan fingerprint density at radius 2 is 1.63 bits per heavy atom. The lowest BCUT2D eigenvalue weighted by molar-refractivity contribution is 0.00578. The molecule has 1 N–H and O–H groups in total. The maximum atomic E-state index is 12.0. The zero-order chi connectivity index (χ0) is 20.7. The summed E-state index contributed by atoms with van der Waals surface area (Å²) in [6.07, 6.45) is -0.405.